The molecule has 4 heteroatoms. The van der Waals surface area contributed by atoms with E-state index in [9.17, 15) is 9.90 Å². The lowest BCUT2D eigenvalue weighted by Gasteiger charge is -2.33. The van der Waals surface area contributed by atoms with Crippen molar-refractivity contribution in [3.63, 3.8) is 0 Å². The number of phenols is 1. The Morgan fingerprint density at radius 3 is 2.81 bits per heavy atom. The number of aromatic hydroxyl groups is 1. The molecule has 1 N–H and O–H groups in total. The van der Waals surface area contributed by atoms with Crippen molar-refractivity contribution in [2.75, 3.05) is 11.4 Å². The molecule has 0 radical (unpaired) electrons. The lowest BCUT2D eigenvalue weighted by molar-refractivity contribution is 0.0980. The fraction of sp³-hybridized carbons (Fsp3) is 0.235. The van der Waals surface area contributed by atoms with E-state index in [4.69, 9.17) is 0 Å². The van der Waals surface area contributed by atoms with Gasteiger partial charge in [0, 0.05) is 17.8 Å². The molecule has 1 atom stereocenters. The minimum absolute atomic E-state index is 0.0549. The van der Waals surface area contributed by atoms with E-state index >= 15 is 0 Å². The highest BCUT2D eigenvalue weighted by Crippen LogP contribution is 2.31. The molecule has 2 aromatic carbocycles. The Balaban J connectivity index is 1.99. The first-order valence-corrected chi connectivity index (χ1v) is 8.02. The molecule has 0 fully saturated rings. The lowest BCUT2D eigenvalue weighted by Crippen LogP contribution is -2.39. The van der Waals surface area contributed by atoms with Crippen LogP contribution < -0.4 is 4.90 Å². The summed E-state index contributed by atoms with van der Waals surface area (Å²) in [5.74, 6) is 0.529. The summed E-state index contributed by atoms with van der Waals surface area (Å²) in [5.41, 5.74) is 2.72. The number of nitrogens with zero attached hydrogens (tertiary/aromatic N) is 1. The summed E-state index contributed by atoms with van der Waals surface area (Å²) in [4.78, 5) is 14.6. The second-order valence-electron chi connectivity index (χ2n) is 5.52. The van der Waals surface area contributed by atoms with E-state index in [0.29, 0.717) is 18.0 Å². The summed E-state index contributed by atoms with van der Waals surface area (Å²) < 4.78 is 0.747. The third-order valence-electron chi connectivity index (χ3n) is 3.78. The van der Waals surface area contributed by atoms with Crippen LogP contribution in [0.2, 0.25) is 0 Å². The van der Waals surface area contributed by atoms with Gasteiger partial charge in [-0.25, -0.2) is 0 Å². The average Bonchev–Trinajstić information content (AvgIpc) is 2.48. The number of hydrogen-bond acceptors (Lipinski definition) is 2. The normalized spacial score (nSPS) is 17.4. The van der Waals surface area contributed by atoms with Crippen molar-refractivity contribution in [1.29, 1.82) is 0 Å². The van der Waals surface area contributed by atoms with Gasteiger partial charge < -0.3 is 10.0 Å². The maximum atomic E-state index is 12.8. The third kappa shape index (κ3) is 2.77. The molecule has 0 saturated carbocycles. The Labute approximate surface area is 137 Å². The number of halogens is 1. The molecule has 0 aromatic heterocycles. The van der Waals surface area contributed by atoms with Crippen LogP contribution in [-0.2, 0) is 6.42 Å². The number of para-hydroxylation sites is 1. The molecule has 2 aromatic rings. The molecule has 1 amide bonds. The SMILES string of the molecule is CC1Cc2ccccc2N(C(=O)c2ccc(I)c(O)c2)C1. The van der Waals surface area contributed by atoms with Gasteiger partial charge in [-0.1, -0.05) is 25.1 Å². The first-order chi connectivity index (χ1) is 10.1. The first-order valence-electron chi connectivity index (χ1n) is 6.94. The highest BCUT2D eigenvalue weighted by Gasteiger charge is 2.27. The van der Waals surface area contributed by atoms with Crippen LogP contribution in [0.15, 0.2) is 42.5 Å². The quantitative estimate of drug-likeness (QED) is 0.749. The van der Waals surface area contributed by atoms with Gasteiger partial charge in [0.15, 0.2) is 0 Å². The standard InChI is InChI=1S/C17H16INO2/c1-11-8-12-4-2-3-5-15(12)19(10-11)17(21)13-6-7-14(18)16(20)9-13/h2-7,9,11,20H,8,10H2,1H3. The van der Waals surface area contributed by atoms with Crippen molar-refractivity contribution >= 4 is 34.2 Å². The van der Waals surface area contributed by atoms with Gasteiger partial charge in [-0.3, -0.25) is 4.79 Å². The van der Waals surface area contributed by atoms with Crippen LogP contribution in [0.1, 0.15) is 22.8 Å². The van der Waals surface area contributed by atoms with E-state index < -0.39 is 0 Å². The van der Waals surface area contributed by atoms with Crippen LogP contribution in [0.5, 0.6) is 5.75 Å². The van der Waals surface area contributed by atoms with Crippen molar-refractivity contribution in [1.82, 2.24) is 0 Å². The maximum absolute atomic E-state index is 12.8. The van der Waals surface area contributed by atoms with Crippen molar-refractivity contribution in [2.45, 2.75) is 13.3 Å². The zero-order chi connectivity index (χ0) is 15.0. The average molecular weight is 393 g/mol. The highest BCUT2D eigenvalue weighted by atomic mass is 127. The second kappa shape index (κ2) is 5.67. The molecule has 1 aliphatic heterocycles. The van der Waals surface area contributed by atoms with Crippen molar-refractivity contribution in [2.24, 2.45) is 5.92 Å². The van der Waals surface area contributed by atoms with Crippen LogP contribution >= 0.6 is 22.6 Å². The molecule has 1 heterocycles. The van der Waals surface area contributed by atoms with E-state index in [-0.39, 0.29) is 11.7 Å². The van der Waals surface area contributed by atoms with Gasteiger partial charge in [0.2, 0.25) is 0 Å². The number of amides is 1. The summed E-state index contributed by atoms with van der Waals surface area (Å²) in [7, 11) is 0. The Kier molecular flexibility index (Phi) is 3.89. The Morgan fingerprint density at radius 1 is 1.29 bits per heavy atom. The number of phenolic OH excluding ortho intramolecular Hbond substituents is 1. The van der Waals surface area contributed by atoms with E-state index in [2.05, 4.69) is 13.0 Å². The van der Waals surface area contributed by atoms with Crippen LogP contribution in [0, 0.1) is 9.49 Å². The maximum Gasteiger partial charge on any atom is 0.258 e. The first kappa shape index (κ1) is 14.4. The number of fused-ring (bicyclic) bond motifs is 1. The number of carbonyl (C=O) groups is 1. The predicted octanol–water partition coefficient (Wildman–Crippen LogP) is 3.84. The second-order valence-corrected chi connectivity index (χ2v) is 6.68. The number of rotatable bonds is 1. The number of hydrogen-bond donors (Lipinski definition) is 1. The van der Waals surface area contributed by atoms with Gasteiger partial charge >= 0.3 is 0 Å². The summed E-state index contributed by atoms with van der Waals surface area (Å²) in [5, 5.41) is 9.82. The minimum atomic E-state index is -0.0549. The minimum Gasteiger partial charge on any atom is -0.507 e. The smallest absolute Gasteiger partial charge is 0.258 e. The van der Waals surface area contributed by atoms with Crippen LogP contribution in [0.25, 0.3) is 0 Å². The Hall–Kier alpha value is -1.56. The molecule has 0 aliphatic carbocycles. The molecule has 108 valence electrons. The largest absolute Gasteiger partial charge is 0.507 e. The molecular weight excluding hydrogens is 377 g/mol. The van der Waals surface area contributed by atoms with Gasteiger partial charge in [0.05, 0.1) is 3.57 Å². The zero-order valence-corrected chi connectivity index (χ0v) is 13.9. The highest BCUT2D eigenvalue weighted by molar-refractivity contribution is 14.1. The van der Waals surface area contributed by atoms with Crippen LogP contribution in [0.4, 0.5) is 5.69 Å². The monoisotopic (exact) mass is 393 g/mol. The number of benzene rings is 2. The van der Waals surface area contributed by atoms with Gasteiger partial charge in [-0.15, -0.1) is 0 Å². The molecule has 0 saturated heterocycles. The molecule has 3 nitrogen and oxygen atoms in total. The van der Waals surface area contributed by atoms with Gasteiger partial charge in [0.1, 0.15) is 5.75 Å². The Morgan fingerprint density at radius 2 is 2.05 bits per heavy atom. The topological polar surface area (TPSA) is 40.5 Å². The summed E-state index contributed by atoms with van der Waals surface area (Å²) in [6.45, 7) is 2.87. The molecule has 0 spiro atoms. The van der Waals surface area contributed by atoms with Crippen molar-refractivity contribution in [3.8, 4) is 5.75 Å². The zero-order valence-electron chi connectivity index (χ0n) is 11.7. The predicted molar refractivity (Wildman–Crippen MR) is 91.8 cm³/mol. The van der Waals surface area contributed by atoms with E-state index in [0.717, 1.165) is 15.7 Å². The van der Waals surface area contributed by atoms with Gasteiger partial charge in [0.25, 0.3) is 5.91 Å². The summed E-state index contributed by atoms with van der Waals surface area (Å²) >= 11 is 2.05. The van der Waals surface area contributed by atoms with Crippen molar-refractivity contribution in [3.05, 3.63) is 57.2 Å². The summed E-state index contributed by atoms with van der Waals surface area (Å²) in [6, 6.07) is 13.1. The number of anilines is 1. The molecule has 0 bridgehead atoms. The Bertz CT molecular complexity index is 699. The van der Waals surface area contributed by atoms with Gasteiger partial charge in [-0.05, 0) is 64.8 Å². The third-order valence-corrected chi connectivity index (χ3v) is 4.70. The molecule has 1 aliphatic rings. The van der Waals surface area contributed by atoms with E-state index in [1.165, 1.54) is 5.56 Å². The van der Waals surface area contributed by atoms with Gasteiger partial charge in [-0.2, -0.15) is 0 Å². The number of carbonyl (C=O) groups excluding carboxylic acids is 1. The molecule has 3 rings (SSSR count). The van der Waals surface area contributed by atoms with E-state index in [1.54, 1.807) is 18.2 Å². The van der Waals surface area contributed by atoms with Crippen LogP contribution in [-0.4, -0.2) is 17.6 Å². The van der Waals surface area contributed by atoms with E-state index in [1.807, 2.05) is 45.7 Å². The fourth-order valence-corrected chi connectivity index (χ4v) is 3.13. The lowest BCUT2D eigenvalue weighted by atomic mass is 9.93. The van der Waals surface area contributed by atoms with Crippen LogP contribution in [0.3, 0.4) is 0 Å². The molecular formula is C17H16INO2. The summed E-state index contributed by atoms with van der Waals surface area (Å²) in [6.07, 6.45) is 0.998. The van der Waals surface area contributed by atoms with Crippen molar-refractivity contribution < 1.29 is 9.90 Å². The molecule has 1 unspecified atom stereocenters. The molecule has 21 heavy (non-hydrogen) atoms. The fourth-order valence-electron chi connectivity index (χ4n) is 2.79.